The van der Waals surface area contributed by atoms with Crippen LogP contribution in [0.2, 0.25) is 0 Å². The zero-order chi connectivity index (χ0) is 18.9. The molecule has 1 heterocycles. The van der Waals surface area contributed by atoms with Crippen molar-refractivity contribution in [3.05, 3.63) is 59.2 Å². The number of nitrogens with zero attached hydrogens (tertiary/aromatic N) is 1. The predicted octanol–water partition coefficient (Wildman–Crippen LogP) is 5.05. The quantitative estimate of drug-likeness (QED) is 0.694. The number of aryl methyl sites for hydroxylation is 1. The number of rotatable bonds is 3. The van der Waals surface area contributed by atoms with Gasteiger partial charge in [-0.05, 0) is 49.2 Å². The van der Waals surface area contributed by atoms with Gasteiger partial charge in [-0.1, -0.05) is 12.1 Å². The summed E-state index contributed by atoms with van der Waals surface area (Å²) in [6.45, 7) is 2.12. The van der Waals surface area contributed by atoms with E-state index in [0.717, 1.165) is 17.7 Å². The summed E-state index contributed by atoms with van der Waals surface area (Å²) in [5, 5.41) is 0. The molecule has 3 rings (SSSR count). The topological polar surface area (TPSA) is 29.5 Å². The van der Waals surface area contributed by atoms with Gasteiger partial charge in [0.2, 0.25) is 0 Å². The molecule has 0 saturated carbocycles. The number of anilines is 1. The number of amides is 1. The number of halogens is 4. The van der Waals surface area contributed by atoms with Crippen LogP contribution in [-0.4, -0.2) is 24.4 Å². The molecule has 1 atom stereocenters. The van der Waals surface area contributed by atoms with Crippen LogP contribution in [0.1, 0.15) is 27.9 Å². The minimum atomic E-state index is -4.51. The molecule has 0 bridgehead atoms. The first-order chi connectivity index (χ1) is 12.3. The molecule has 0 aliphatic carbocycles. The van der Waals surface area contributed by atoms with E-state index in [1.54, 1.807) is 12.1 Å². The molecular weight excluding hydrogens is 367 g/mol. The molecule has 2 aromatic carbocycles. The van der Waals surface area contributed by atoms with E-state index in [4.69, 9.17) is 16.3 Å². The Morgan fingerprint density at radius 2 is 2.04 bits per heavy atom. The fourth-order valence-corrected chi connectivity index (χ4v) is 3.23. The Morgan fingerprint density at radius 3 is 2.73 bits per heavy atom. The smallest absolute Gasteiger partial charge is 0.416 e. The van der Waals surface area contributed by atoms with Gasteiger partial charge in [-0.25, -0.2) is 0 Å². The molecule has 3 nitrogen and oxygen atoms in total. The molecular formula is C19H17ClF3NO2. The zero-order valence-electron chi connectivity index (χ0n) is 14.0. The van der Waals surface area contributed by atoms with Gasteiger partial charge in [0.1, 0.15) is 12.4 Å². The van der Waals surface area contributed by atoms with E-state index in [2.05, 4.69) is 0 Å². The van der Waals surface area contributed by atoms with E-state index in [1.165, 1.54) is 17.0 Å². The third-order valence-electron chi connectivity index (χ3n) is 4.27. The summed E-state index contributed by atoms with van der Waals surface area (Å²) in [7, 11) is 0. The van der Waals surface area contributed by atoms with Gasteiger partial charge >= 0.3 is 6.18 Å². The lowest BCUT2D eigenvalue weighted by Crippen LogP contribution is -2.47. The first kappa shape index (κ1) is 18.6. The van der Waals surface area contributed by atoms with Gasteiger partial charge in [0.15, 0.2) is 0 Å². The largest absolute Gasteiger partial charge is 0.489 e. The molecule has 0 saturated heterocycles. The van der Waals surface area contributed by atoms with Crippen molar-refractivity contribution < 1.29 is 22.7 Å². The number of fused-ring (bicyclic) bond motifs is 1. The molecule has 138 valence electrons. The highest BCUT2D eigenvalue weighted by molar-refractivity contribution is 6.18. The third-order valence-corrected chi connectivity index (χ3v) is 4.49. The van der Waals surface area contributed by atoms with E-state index in [0.29, 0.717) is 23.7 Å². The van der Waals surface area contributed by atoms with Crippen LogP contribution in [0, 0.1) is 6.92 Å². The lowest BCUT2D eigenvalue weighted by Gasteiger charge is -2.37. The van der Waals surface area contributed by atoms with E-state index >= 15 is 0 Å². The third kappa shape index (κ3) is 3.65. The number of alkyl halides is 4. The lowest BCUT2D eigenvalue weighted by atomic mass is 10.0. The van der Waals surface area contributed by atoms with Crippen LogP contribution in [0.15, 0.2) is 42.5 Å². The van der Waals surface area contributed by atoms with Gasteiger partial charge in [0.05, 0.1) is 17.3 Å². The van der Waals surface area contributed by atoms with Crippen LogP contribution in [0.5, 0.6) is 5.75 Å². The lowest BCUT2D eigenvalue weighted by molar-refractivity contribution is -0.137. The van der Waals surface area contributed by atoms with Crippen molar-refractivity contribution >= 4 is 23.2 Å². The summed E-state index contributed by atoms with van der Waals surface area (Å²) in [6.07, 6.45) is -4.04. The Bertz CT molecular complexity index is 823. The van der Waals surface area contributed by atoms with Gasteiger partial charge in [-0.3, -0.25) is 9.69 Å². The highest BCUT2D eigenvalue weighted by Gasteiger charge is 2.35. The number of ether oxygens (including phenoxy) is 1. The number of hydrogen-bond acceptors (Lipinski definition) is 2. The normalized spacial score (nSPS) is 16.8. The first-order valence-electron chi connectivity index (χ1n) is 8.11. The Hall–Kier alpha value is -2.21. The Morgan fingerprint density at radius 1 is 1.27 bits per heavy atom. The average Bonchev–Trinajstić information content (AvgIpc) is 2.60. The Kier molecular flexibility index (Phi) is 5.14. The summed E-state index contributed by atoms with van der Waals surface area (Å²) in [5.74, 6) is 0.338. The monoisotopic (exact) mass is 383 g/mol. The molecule has 26 heavy (non-hydrogen) atoms. The van der Waals surface area contributed by atoms with Crippen LogP contribution in [0.3, 0.4) is 0 Å². The molecule has 1 aliphatic heterocycles. The maximum atomic E-state index is 13.1. The van der Waals surface area contributed by atoms with Crippen molar-refractivity contribution in [1.29, 1.82) is 0 Å². The van der Waals surface area contributed by atoms with Gasteiger partial charge in [-0.15, -0.1) is 11.6 Å². The fraction of sp³-hybridized carbons (Fsp3) is 0.316. The van der Waals surface area contributed by atoms with Crippen molar-refractivity contribution in [2.45, 2.75) is 25.6 Å². The molecule has 1 aliphatic rings. The Labute approximate surface area is 154 Å². The van der Waals surface area contributed by atoms with Crippen LogP contribution in [-0.2, 0) is 6.18 Å². The van der Waals surface area contributed by atoms with Crippen LogP contribution >= 0.6 is 11.6 Å². The molecule has 1 unspecified atom stereocenters. The second-order valence-corrected chi connectivity index (χ2v) is 6.55. The van der Waals surface area contributed by atoms with E-state index in [1.807, 2.05) is 13.0 Å². The van der Waals surface area contributed by atoms with Gasteiger partial charge in [-0.2, -0.15) is 13.2 Å². The summed E-state index contributed by atoms with van der Waals surface area (Å²) in [5.41, 5.74) is 0.596. The number of carbonyl (C=O) groups is 1. The minimum absolute atomic E-state index is 0.0197. The second-order valence-electron chi connectivity index (χ2n) is 6.17. The molecule has 1 amide bonds. The van der Waals surface area contributed by atoms with Crippen molar-refractivity contribution in [3.63, 3.8) is 0 Å². The average molecular weight is 384 g/mol. The van der Waals surface area contributed by atoms with E-state index in [9.17, 15) is 18.0 Å². The summed E-state index contributed by atoms with van der Waals surface area (Å²) < 4.78 is 44.7. The highest BCUT2D eigenvalue weighted by Crippen LogP contribution is 2.37. The number of carbonyl (C=O) groups excluding carboxylic acids is 1. The van der Waals surface area contributed by atoms with Crippen molar-refractivity contribution in [2.75, 3.05) is 17.4 Å². The van der Waals surface area contributed by atoms with Crippen LogP contribution in [0.4, 0.5) is 18.9 Å². The Balaban J connectivity index is 2.05. The molecule has 2 aromatic rings. The SMILES string of the molecule is Cc1ccc2c(c1)N(C(=O)c1cccc(C(F)(F)F)c1)C(CCCl)CO2. The highest BCUT2D eigenvalue weighted by atomic mass is 35.5. The van der Waals surface area contributed by atoms with E-state index in [-0.39, 0.29) is 18.2 Å². The summed E-state index contributed by atoms with van der Waals surface area (Å²) in [4.78, 5) is 14.6. The molecule has 0 spiro atoms. The van der Waals surface area contributed by atoms with Gasteiger partial charge in [0, 0.05) is 11.4 Å². The number of hydrogen-bond donors (Lipinski definition) is 0. The summed E-state index contributed by atoms with van der Waals surface area (Å²) in [6, 6.07) is 9.52. The second kappa shape index (κ2) is 7.19. The van der Waals surface area contributed by atoms with Crippen molar-refractivity contribution in [3.8, 4) is 5.75 Å². The molecule has 0 radical (unpaired) electrons. The maximum absolute atomic E-state index is 13.1. The molecule has 0 fully saturated rings. The first-order valence-corrected chi connectivity index (χ1v) is 8.65. The van der Waals surface area contributed by atoms with Crippen molar-refractivity contribution in [2.24, 2.45) is 0 Å². The molecule has 0 N–H and O–H groups in total. The zero-order valence-corrected chi connectivity index (χ0v) is 14.8. The predicted molar refractivity (Wildman–Crippen MR) is 94.1 cm³/mol. The number of benzene rings is 2. The minimum Gasteiger partial charge on any atom is -0.489 e. The van der Waals surface area contributed by atoms with Crippen LogP contribution < -0.4 is 9.64 Å². The standard InChI is InChI=1S/C19H17ClF3NO2/c1-12-5-6-17-16(9-12)24(15(7-8-20)11-26-17)18(25)13-3-2-4-14(10-13)19(21,22)23/h2-6,9-10,15H,7-8,11H2,1H3. The fourth-order valence-electron chi connectivity index (χ4n) is 2.98. The molecule has 7 heteroatoms. The van der Waals surface area contributed by atoms with Crippen molar-refractivity contribution in [1.82, 2.24) is 0 Å². The van der Waals surface area contributed by atoms with E-state index < -0.39 is 17.6 Å². The van der Waals surface area contributed by atoms with Gasteiger partial charge in [0.25, 0.3) is 5.91 Å². The van der Waals surface area contributed by atoms with Crippen LogP contribution in [0.25, 0.3) is 0 Å². The summed E-state index contributed by atoms with van der Waals surface area (Å²) >= 11 is 5.85. The maximum Gasteiger partial charge on any atom is 0.416 e. The van der Waals surface area contributed by atoms with Gasteiger partial charge < -0.3 is 4.74 Å². The molecule has 0 aromatic heterocycles.